The second kappa shape index (κ2) is 7.35. The summed E-state index contributed by atoms with van der Waals surface area (Å²) < 4.78 is 0. The highest BCUT2D eigenvalue weighted by molar-refractivity contribution is 7.13. The summed E-state index contributed by atoms with van der Waals surface area (Å²) >= 11 is 7.58. The molecule has 0 atom stereocenters. The first kappa shape index (κ1) is 15.6. The van der Waals surface area contributed by atoms with E-state index in [2.05, 4.69) is 15.3 Å². The zero-order valence-corrected chi connectivity index (χ0v) is 13.8. The Bertz CT molecular complexity index is 804. The molecule has 2 heterocycles. The number of nitrogens with zero attached hydrogens (tertiary/aromatic N) is 2. The second-order valence-corrected chi connectivity index (χ2v) is 6.18. The Balaban J connectivity index is 1.58. The van der Waals surface area contributed by atoms with E-state index >= 15 is 0 Å². The number of carbonyl (C=O) groups excluding carboxylic acids is 1. The van der Waals surface area contributed by atoms with Crippen LogP contribution in [0.4, 0.5) is 5.69 Å². The summed E-state index contributed by atoms with van der Waals surface area (Å²) in [5.41, 5.74) is 2.53. The lowest BCUT2D eigenvalue weighted by Gasteiger charge is -2.06. The van der Waals surface area contributed by atoms with E-state index in [-0.39, 0.29) is 5.91 Å². The SMILES string of the molecule is O=C(CCc1csc(-c2cccnc2)n1)Nc1ccccc1Cl. The van der Waals surface area contributed by atoms with E-state index in [0.29, 0.717) is 23.6 Å². The Morgan fingerprint density at radius 1 is 1.22 bits per heavy atom. The molecule has 4 nitrogen and oxygen atoms in total. The normalized spacial score (nSPS) is 10.5. The summed E-state index contributed by atoms with van der Waals surface area (Å²) in [4.78, 5) is 20.6. The Morgan fingerprint density at radius 3 is 2.87 bits per heavy atom. The molecule has 0 radical (unpaired) electrons. The van der Waals surface area contributed by atoms with Crippen molar-refractivity contribution in [2.24, 2.45) is 0 Å². The molecule has 6 heteroatoms. The van der Waals surface area contributed by atoms with Crippen LogP contribution >= 0.6 is 22.9 Å². The molecule has 1 amide bonds. The molecular weight excluding hydrogens is 330 g/mol. The number of pyridine rings is 1. The number of hydrogen-bond donors (Lipinski definition) is 1. The molecular formula is C17H14ClN3OS. The van der Waals surface area contributed by atoms with Gasteiger partial charge in [-0.3, -0.25) is 9.78 Å². The van der Waals surface area contributed by atoms with Crippen molar-refractivity contribution in [3.05, 3.63) is 64.9 Å². The van der Waals surface area contributed by atoms with Crippen LogP contribution in [0.15, 0.2) is 54.2 Å². The van der Waals surface area contributed by atoms with Gasteiger partial charge >= 0.3 is 0 Å². The quantitative estimate of drug-likeness (QED) is 0.745. The first-order valence-corrected chi connectivity index (χ1v) is 8.37. The number of aromatic nitrogens is 2. The predicted octanol–water partition coefficient (Wildman–Crippen LogP) is 4.43. The summed E-state index contributed by atoms with van der Waals surface area (Å²) in [5, 5.41) is 6.24. The highest BCUT2D eigenvalue weighted by Crippen LogP contribution is 2.24. The maximum absolute atomic E-state index is 12.0. The number of nitrogens with one attached hydrogen (secondary N) is 1. The van der Waals surface area contributed by atoms with Gasteiger partial charge in [0.2, 0.25) is 5.91 Å². The van der Waals surface area contributed by atoms with Gasteiger partial charge in [0.15, 0.2) is 0 Å². The lowest BCUT2D eigenvalue weighted by atomic mass is 10.2. The molecule has 0 aliphatic heterocycles. The molecule has 1 aromatic carbocycles. The van der Waals surface area contributed by atoms with Crippen LogP contribution in [0.5, 0.6) is 0 Å². The number of hydrogen-bond acceptors (Lipinski definition) is 4. The number of aryl methyl sites for hydroxylation is 1. The lowest BCUT2D eigenvalue weighted by molar-refractivity contribution is -0.116. The van der Waals surface area contributed by atoms with E-state index < -0.39 is 0 Å². The Kier molecular flexibility index (Phi) is 5.00. The van der Waals surface area contributed by atoms with Crippen molar-refractivity contribution < 1.29 is 4.79 Å². The van der Waals surface area contributed by atoms with Gasteiger partial charge in [-0.1, -0.05) is 23.7 Å². The molecule has 0 spiro atoms. The van der Waals surface area contributed by atoms with E-state index in [1.807, 2.05) is 29.6 Å². The number of anilines is 1. The van der Waals surface area contributed by atoms with Gasteiger partial charge in [0.05, 0.1) is 16.4 Å². The molecule has 3 rings (SSSR count). The molecule has 0 bridgehead atoms. The fraction of sp³-hybridized carbons (Fsp3) is 0.118. The average molecular weight is 344 g/mol. The van der Waals surface area contributed by atoms with Gasteiger partial charge < -0.3 is 5.32 Å². The van der Waals surface area contributed by atoms with Gasteiger partial charge in [0.25, 0.3) is 0 Å². The van der Waals surface area contributed by atoms with Crippen LogP contribution in [0.3, 0.4) is 0 Å². The number of rotatable bonds is 5. The third-order valence-corrected chi connectivity index (χ3v) is 4.49. The summed E-state index contributed by atoms with van der Waals surface area (Å²) in [6.45, 7) is 0. The minimum atomic E-state index is -0.0750. The Morgan fingerprint density at radius 2 is 2.09 bits per heavy atom. The van der Waals surface area contributed by atoms with Crippen molar-refractivity contribution in [3.8, 4) is 10.6 Å². The highest BCUT2D eigenvalue weighted by atomic mass is 35.5. The summed E-state index contributed by atoms with van der Waals surface area (Å²) in [5.74, 6) is -0.0750. The van der Waals surface area contributed by atoms with E-state index in [9.17, 15) is 4.79 Å². The maximum atomic E-state index is 12.0. The zero-order valence-electron chi connectivity index (χ0n) is 12.2. The minimum absolute atomic E-state index is 0.0750. The monoisotopic (exact) mass is 343 g/mol. The van der Waals surface area contributed by atoms with Gasteiger partial charge in [0, 0.05) is 29.8 Å². The molecule has 116 valence electrons. The van der Waals surface area contributed by atoms with Crippen LogP contribution in [0.2, 0.25) is 5.02 Å². The van der Waals surface area contributed by atoms with Crippen molar-refractivity contribution in [2.45, 2.75) is 12.8 Å². The van der Waals surface area contributed by atoms with Gasteiger partial charge in [-0.2, -0.15) is 0 Å². The number of amides is 1. The molecule has 2 aromatic heterocycles. The third kappa shape index (κ3) is 4.15. The third-order valence-electron chi connectivity index (χ3n) is 3.22. The molecule has 0 fully saturated rings. The van der Waals surface area contributed by atoms with E-state index in [0.717, 1.165) is 16.3 Å². The number of carbonyl (C=O) groups is 1. The van der Waals surface area contributed by atoms with E-state index in [1.54, 1.807) is 35.9 Å². The first-order chi connectivity index (χ1) is 11.2. The number of para-hydroxylation sites is 1. The highest BCUT2D eigenvalue weighted by Gasteiger charge is 2.09. The van der Waals surface area contributed by atoms with Gasteiger partial charge in [0.1, 0.15) is 5.01 Å². The van der Waals surface area contributed by atoms with E-state index in [1.165, 1.54) is 0 Å². The molecule has 0 unspecified atom stereocenters. The minimum Gasteiger partial charge on any atom is -0.325 e. The number of benzene rings is 1. The standard InChI is InChI=1S/C17H14ClN3OS/c18-14-5-1-2-6-15(14)21-16(22)8-7-13-11-23-17(20-13)12-4-3-9-19-10-12/h1-6,9-11H,7-8H2,(H,21,22). The van der Waals surface area contributed by atoms with Crippen LogP contribution in [0, 0.1) is 0 Å². The molecule has 3 aromatic rings. The molecule has 0 saturated heterocycles. The van der Waals surface area contributed by atoms with Crippen LogP contribution in [0.1, 0.15) is 12.1 Å². The summed E-state index contributed by atoms with van der Waals surface area (Å²) in [6.07, 6.45) is 4.47. The van der Waals surface area contributed by atoms with Crippen molar-refractivity contribution in [1.29, 1.82) is 0 Å². The largest absolute Gasteiger partial charge is 0.325 e. The molecule has 1 N–H and O–H groups in total. The molecule has 0 aliphatic rings. The fourth-order valence-electron chi connectivity index (χ4n) is 2.06. The topological polar surface area (TPSA) is 54.9 Å². The number of thiazole rings is 1. The molecule has 23 heavy (non-hydrogen) atoms. The fourth-order valence-corrected chi connectivity index (χ4v) is 3.09. The lowest BCUT2D eigenvalue weighted by Crippen LogP contribution is -2.12. The van der Waals surface area contributed by atoms with Crippen LogP contribution in [-0.4, -0.2) is 15.9 Å². The van der Waals surface area contributed by atoms with Crippen molar-refractivity contribution >= 4 is 34.5 Å². The van der Waals surface area contributed by atoms with Crippen molar-refractivity contribution in [1.82, 2.24) is 9.97 Å². The smallest absolute Gasteiger partial charge is 0.224 e. The molecule has 0 aliphatic carbocycles. The van der Waals surface area contributed by atoms with Crippen LogP contribution < -0.4 is 5.32 Å². The Labute approximate surface area is 143 Å². The second-order valence-electron chi connectivity index (χ2n) is 4.91. The summed E-state index contributed by atoms with van der Waals surface area (Å²) in [7, 11) is 0. The van der Waals surface area contributed by atoms with Crippen molar-refractivity contribution in [3.63, 3.8) is 0 Å². The molecule has 0 saturated carbocycles. The van der Waals surface area contributed by atoms with Gasteiger partial charge in [-0.25, -0.2) is 4.98 Å². The maximum Gasteiger partial charge on any atom is 0.224 e. The van der Waals surface area contributed by atoms with Gasteiger partial charge in [-0.15, -0.1) is 11.3 Å². The van der Waals surface area contributed by atoms with E-state index in [4.69, 9.17) is 11.6 Å². The number of halogens is 1. The Hall–Kier alpha value is -2.24. The van der Waals surface area contributed by atoms with Crippen LogP contribution in [-0.2, 0) is 11.2 Å². The van der Waals surface area contributed by atoms with Crippen LogP contribution in [0.25, 0.3) is 10.6 Å². The predicted molar refractivity (Wildman–Crippen MR) is 93.7 cm³/mol. The zero-order chi connectivity index (χ0) is 16.1. The van der Waals surface area contributed by atoms with Crippen molar-refractivity contribution in [2.75, 3.05) is 5.32 Å². The summed E-state index contributed by atoms with van der Waals surface area (Å²) in [6, 6.07) is 11.0. The average Bonchev–Trinajstić information content (AvgIpc) is 3.05. The first-order valence-electron chi connectivity index (χ1n) is 7.11. The van der Waals surface area contributed by atoms with Gasteiger partial charge in [-0.05, 0) is 30.7 Å².